The van der Waals surface area contributed by atoms with Crippen molar-refractivity contribution in [2.24, 2.45) is 17.8 Å². The molecule has 0 aromatic carbocycles. The van der Waals surface area contributed by atoms with Crippen molar-refractivity contribution in [3.05, 3.63) is 0 Å². The van der Waals surface area contributed by atoms with E-state index in [1.165, 1.54) is 51.4 Å². The van der Waals surface area contributed by atoms with Crippen LogP contribution in [0.15, 0.2) is 0 Å². The van der Waals surface area contributed by atoms with Crippen molar-refractivity contribution < 1.29 is 19.7 Å². The summed E-state index contributed by atoms with van der Waals surface area (Å²) in [5.41, 5.74) is 0. The molecule has 184 valence electrons. The van der Waals surface area contributed by atoms with Gasteiger partial charge in [-0.05, 0) is 82.1 Å². The molecular weight excluding hydrogens is 408 g/mol. The minimum absolute atomic E-state index is 0.213. The minimum atomic E-state index is -0.799. The Morgan fingerprint density at radius 3 is 2.34 bits per heavy atom. The third kappa shape index (κ3) is 6.42. The van der Waals surface area contributed by atoms with E-state index in [0.717, 1.165) is 37.9 Å². The summed E-state index contributed by atoms with van der Waals surface area (Å²) >= 11 is 0. The molecule has 0 unspecified atom stereocenters. The number of methoxy groups -OCH3 is 1. The van der Waals surface area contributed by atoms with Crippen LogP contribution in [-0.2, 0) is 9.53 Å². The Morgan fingerprint density at radius 2 is 1.72 bits per heavy atom. The maximum absolute atomic E-state index is 11.4. The molecule has 4 fully saturated rings. The first-order valence-corrected chi connectivity index (χ1v) is 12.9. The number of ether oxygens (including phenoxy) is 1. The molecule has 2 saturated carbocycles. The number of likely N-dealkylation sites (tertiary alicyclic amines) is 1. The third-order valence-corrected chi connectivity index (χ3v) is 8.63. The highest BCUT2D eigenvalue weighted by Crippen LogP contribution is 2.32. The molecule has 0 spiro atoms. The first kappa shape index (κ1) is 24.4. The predicted molar refractivity (Wildman–Crippen MR) is 123 cm³/mol. The second-order valence-electron chi connectivity index (χ2n) is 10.7. The van der Waals surface area contributed by atoms with Gasteiger partial charge >= 0.3 is 5.97 Å². The molecule has 8 heteroatoms. The Kier molecular flexibility index (Phi) is 8.81. The lowest BCUT2D eigenvalue weighted by molar-refractivity contribution is -0.142. The number of nitrogens with one attached hydrogen (secondary N) is 3. The van der Waals surface area contributed by atoms with E-state index in [2.05, 4.69) is 16.0 Å². The van der Waals surface area contributed by atoms with Crippen molar-refractivity contribution >= 4 is 5.97 Å². The van der Waals surface area contributed by atoms with Crippen LogP contribution in [0.3, 0.4) is 0 Å². The van der Waals surface area contributed by atoms with E-state index < -0.39 is 18.1 Å². The van der Waals surface area contributed by atoms with Gasteiger partial charge in [0.05, 0.1) is 12.2 Å². The van der Waals surface area contributed by atoms with Crippen molar-refractivity contribution in [3.63, 3.8) is 0 Å². The molecule has 2 saturated heterocycles. The average molecular weight is 453 g/mol. The second kappa shape index (κ2) is 11.6. The molecule has 4 aliphatic rings. The monoisotopic (exact) mass is 452 g/mol. The molecule has 8 nitrogen and oxygen atoms in total. The molecule has 5 N–H and O–H groups in total. The topological polar surface area (TPSA) is 106 Å². The summed E-state index contributed by atoms with van der Waals surface area (Å²) in [6.45, 7) is 3.47. The standard InChI is InChI=1S/C24H44N4O4/c1-32-21-8-4-17(5-9-21)18-13-25-24(26-14-18)27-19-6-2-16(3-7-19)10-11-28-15-20(29)12-22(28)23(30)31/h16-22,24-27,29H,2-15H2,1H3,(H,30,31)/t16?,17?,18?,19?,20-,21?,22-,24?/m1/s1. The van der Waals surface area contributed by atoms with Gasteiger partial charge in [-0.25, -0.2) is 0 Å². The molecule has 0 bridgehead atoms. The molecule has 32 heavy (non-hydrogen) atoms. The molecule has 4 rings (SSSR count). The van der Waals surface area contributed by atoms with E-state index in [1.54, 1.807) is 0 Å². The number of aliphatic carboxylic acids is 1. The van der Waals surface area contributed by atoms with Crippen molar-refractivity contribution in [1.29, 1.82) is 0 Å². The fourth-order valence-electron chi connectivity index (χ4n) is 6.51. The maximum Gasteiger partial charge on any atom is 0.321 e. The van der Waals surface area contributed by atoms with Gasteiger partial charge in [0.15, 0.2) is 0 Å². The van der Waals surface area contributed by atoms with Crippen LogP contribution >= 0.6 is 0 Å². The Balaban J connectivity index is 1.10. The molecule has 0 radical (unpaired) electrons. The summed E-state index contributed by atoms with van der Waals surface area (Å²) in [5.74, 6) is 1.40. The first-order chi connectivity index (χ1) is 15.5. The van der Waals surface area contributed by atoms with Gasteiger partial charge in [0.1, 0.15) is 12.3 Å². The van der Waals surface area contributed by atoms with E-state index >= 15 is 0 Å². The summed E-state index contributed by atoms with van der Waals surface area (Å²) in [4.78, 5) is 13.4. The fraction of sp³-hybridized carbons (Fsp3) is 0.958. The molecular formula is C24H44N4O4. The molecule has 0 amide bonds. The fourth-order valence-corrected chi connectivity index (χ4v) is 6.51. The van der Waals surface area contributed by atoms with Gasteiger partial charge in [0, 0.05) is 39.2 Å². The van der Waals surface area contributed by atoms with Gasteiger partial charge in [0.2, 0.25) is 0 Å². The Labute approximate surface area is 192 Å². The number of hydrogen-bond acceptors (Lipinski definition) is 7. The van der Waals surface area contributed by atoms with E-state index in [9.17, 15) is 15.0 Å². The summed E-state index contributed by atoms with van der Waals surface area (Å²) in [6.07, 6.45) is 11.3. The van der Waals surface area contributed by atoms with Crippen molar-refractivity contribution in [2.75, 3.05) is 33.3 Å². The van der Waals surface area contributed by atoms with Crippen LogP contribution in [0.2, 0.25) is 0 Å². The molecule has 2 heterocycles. The molecule has 2 atom stereocenters. The minimum Gasteiger partial charge on any atom is -0.480 e. The van der Waals surface area contributed by atoms with Crippen molar-refractivity contribution in [3.8, 4) is 0 Å². The summed E-state index contributed by atoms with van der Waals surface area (Å²) in [5, 5.41) is 30.4. The number of β-amino-alcohol motifs (C(OH)–C–C–N with tert-alkyl or cyclic N) is 1. The molecule has 0 aromatic rings. The highest BCUT2D eigenvalue weighted by molar-refractivity contribution is 5.74. The largest absolute Gasteiger partial charge is 0.480 e. The number of hydrogen-bond donors (Lipinski definition) is 5. The Hall–Kier alpha value is -0.770. The van der Waals surface area contributed by atoms with Crippen molar-refractivity contribution in [1.82, 2.24) is 20.9 Å². The van der Waals surface area contributed by atoms with Crippen LogP contribution in [0.4, 0.5) is 0 Å². The lowest BCUT2D eigenvalue weighted by atomic mass is 9.78. The number of carboxylic acids is 1. The molecule has 2 aliphatic heterocycles. The zero-order valence-electron chi connectivity index (χ0n) is 19.7. The average Bonchev–Trinajstić information content (AvgIpc) is 3.20. The van der Waals surface area contributed by atoms with E-state index in [-0.39, 0.29) is 6.29 Å². The van der Waals surface area contributed by atoms with Crippen LogP contribution in [0, 0.1) is 17.8 Å². The number of aliphatic hydroxyl groups excluding tert-OH is 1. The number of carboxylic acid groups (broad SMARTS) is 1. The number of aliphatic hydroxyl groups is 1. The van der Waals surface area contributed by atoms with Gasteiger partial charge in [-0.2, -0.15) is 0 Å². The lowest BCUT2D eigenvalue weighted by Crippen LogP contribution is -2.63. The summed E-state index contributed by atoms with van der Waals surface area (Å²) < 4.78 is 5.52. The van der Waals surface area contributed by atoms with Gasteiger partial charge in [0.25, 0.3) is 0 Å². The predicted octanol–water partition coefficient (Wildman–Crippen LogP) is 1.34. The Bertz CT molecular complexity index is 585. The lowest BCUT2D eigenvalue weighted by Gasteiger charge is -2.40. The summed E-state index contributed by atoms with van der Waals surface area (Å²) in [7, 11) is 1.84. The van der Waals surface area contributed by atoms with Crippen LogP contribution in [0.1, 0.15) is 64.2 Å². The quantitative estimate of drug-likeness (QED) is 0.376. The first-order valence-electron chi connectivity index (χ1n) is 12.9. The van der Waals surface area contributed by atoms with Crippen LogP contribution in [0.25, 0.3) is 0 Å². The maximum atomic E-state index is 11.4. The van der Waals surface area contributed by atoms with E-state index in [0.29, 0.717) is 31.0 Å². The van der Waals surface area contributed by atoms with Gasteiger partial charge in [-0.3, -0.25) is 25.6 Å². The van der Waals surface area contributed by atoms with Crippen LogP contribution in [-0.4, -0.2) is 85.0 Å². The molecule has 2 aliphatic carbocycles. The number of carbonyl (C=O) groups is 1. The second-order valence-corrected chi connectivity index (χ2v) is 10.7. The van der Waals surface area contributed by atoms with E-state index in [4.69, 9.17) is 4.74 Å². The highest BCUT2D eigenvalue weighted by Gasteiger charge is 2.36. The SMILES string of the molecule is COC1CCC(C2CNC(NC3CCC(CCN4C[C@H](O)C[C@@H]4C(=O)O)CC3)NC2)CC1. The Morgan fingerprint density at radius 1 is 1.03 bits per heavy atom. The zero-order valence-corrected chi connectivity index (χ0v) is 19.7. The van der Waals surface area contributed by atoms with Gasteiger partial charge in [-0.1, -0.05) is 0 Å². The smallest absolute Gasteiger partial charge is 0.321 e. The third-order valence-electron chi connectivity index (χ3n) is 8.63. The van der Waals surface area contributed by atoms with E-state index in [1.807, 2.05) is 12.0 Å². The normalized spacial score (nSPS) is 41.6. The van der Waals surface area contributed by atoms with Crippen LogP contribution in [0.5, 0.6) is 0 Å². The number of rotatable bonds is 8. The number of nitrogens with zero attached hydrogens (tertiary/aromatic N) is 1. The summed E-state index contributed by atoms with van der Waals surface area (Å²) in [6, 6.07) is 0.0376. The molecule has 0 aromatic heterocycles. The van der Waals surface area contributed by atoms with Gasteiger partial charge in [-0.15, -0.1) is 0 Å². The van der Waals surface area contributed by atoms with Crippen LogP contribution < -0.4 is 16.0 Å². The zero-order chi connectivity index (χ0) is 22.5. The van der Waals surface area contributed by atoms with Gasteiger partial charge < -0.3 is 14.9 Å². The highest BCUT2D eigenvalue weighted by atomic mass is 16.5. The van der Waals surface area contributed by atoms with Crippen molar-refractivity contribution in [2.45, 2.75) is 94.8 Å².